The Kier molecular flexibility index (Phi) is 6.82. The van der Waals surface area contributed by atoms with Gasteiger partial charge >= 0.3 is 6.18 Å². The Bertz CT molecular complexity index is 1530. The van der Waals surface area contributed by atoms with Crippen LogP contribution < -0.4 is 10.5 Å². The molecule has 0 aromatic heterocycles. The SMILES string of the molecule is Cc1cc(S(N)(=O)=O)ccc1/C=C/S(=O)(=O)N1CCC2(CC1)N=C(c1cccc(C(F)(F)F)c1)NC2=O. The summed E-state index contributed by atoms with van der Waals surface area (Å²) < 4.78 is 89.1. The molecule has 198 valence electrons. The quantitative estimate of drug-likeness (QED) is 0.582. The third-order valence-corrected chi connectivity index (χ3v) is 8.82. The van der Waals surface area contributed by atoms with Gasteiger partial charge in [-0.05, 0) is 61.2 Å². The third-order valence-electron chi connectivity index (χ3n) is 6.34. The van der Waals surface area contributed by atoms with Crippen molar-refractivity contribution in [1.82, 2.24) is 9.62 Å². The molecule has 9 nitrogen and oxygen atoms in total. The minimum Gasteiger partial charge on any atom is -0.308 e. The summed E-state index contributed by atoms with van der Waals surface area (Å²) in [6, 6.07) is 8.52. The molecule has 1 spiro atoms. The molecule has 0 bridgehead atoms. The molecule has 0 unspecified atom stereocenters. The predicted octanol–water partition coefficient (Wildman–Crippen LogP) is 2.37. The van der Waals surface area contributed by atoms with Crippen molar-refractivity contribution in [3.05, 3.63) is 70.1 Å². The molecule has 1 fully saturated rings. The highest BCUT2D eigenvalue weighted by molar-refractivity contribution is 7.92. The summed E-state index contributed by atoms with van der Waals surface area (Å²) in [6.07, 6.45) is -3.10. The smallest absolute Gasteiger partial charge is 0.308 e. The van der Waals surface area contributed by atoms with Crippen molar-refractivity contribution in [2.75, 3.05) is 13.1 Å². The molecule has 2 aliphatic heterocycles. The monoisotopic (exact) mass is 556 g/mol. The van der Waals surface area contributed by atoms with Crippen molar-refractivity contribution < 1.29 is 34.8 Å². The zero-order valence-corrected chi connectivity index (χ0v) is 21.1. The molecular weight excluding hydrogens is 533 g/mol. The van der Waals surface area contributed by atoms with Crippen LogP contribution in [0, 0.1) is 6.92 Å². The first-order valence-electron chi connectivity index (χ1n) is 11.0. The second-order valence-electron chi connectivity index (χ2n) is 8.83. The highest BCUT2D eigenvalue weighted by Gasteiger charge is 2.47. The fraction of sp³-hybridized carbons (Fsp3) is 0.304. The van der Waals surface area contributed by atoms with E-state index in [1.54, 1.807) is 6.92 Å². The van der Waals surface area contributed by atoms with Gasteiger partial charge in [0, 0.05) is 24.1 Å². The van der Waals surface area contributed by atoms with E-state index in [-0.39, 0.29) is 42.2 Å². The molecule has 4 rings (SSSR count). The summed E-state index contributed by atoms with van der Waals surface area (Å²) in [5.41, 5.74) is -1.03. The number of nitrogens with one attached hydrogen (secondary N) is 1. The lowest BCUT2D eigenvalue weighted by atomic mass is 9.89. The molecule has 0 radical (unpaired) electrons. The standard InChI is InChI=1S/C23H23F3N4O5S2/c1-15-13-19(37(27,34)35)6-5-16(15)7-12-36(32,33)30-10-8-22(9-11-30)21(31)28-20(29-22)17-3-2-4-18(14-17)23(24,25)26/h2-7,12-14H,8-11H2,1H3,(H2,27,34,35)(H,28,29,31)/b12-7+. The first kappa shape index (κ1) is 27.0. The Morgan fingerprint density at radius 3 is 2.35 bits per heavy atom. The van der Waals surface area contributed by atoms with E-state index in [9.17, 15) is 34.8 Å². The molecule has 1 amide bonds. The van der Waals surface area contributed by atoms with Crippen LogP contribution in [-0.4, -0.2) is 51.5 Å². The molecular formula is C23H23F3N4O5S2. The number of aliphatic imine (C=N–C) groups is 1. The van der Waals surface area contributed by atoms with Crippen LogP contribution in [0.4, 0.5) is 13.2 Å². The summed E-state index contributed by atoms with van der Waals surface area (Å²) in [4.78, 5) is 17.0. The average Bonchev–Trinajstić information content (AvgIpc) is 3.13. The molecule has 0 saturated carbocycles. The van der Waals surface area contributed by atoms with Gasteiger partial charge in [0.05, 0.1) is 10.5 Å². The second kappa shape index (κ2) is 9.35. The molecule has 37 heavy (non-hydrogen) atoms. The van der Waals surface area contributed by atoms with Crippen molar-refractivity contribution in [2.24, 2.45) is 10.1 Å². The number of alkyl halides is 3. The Morgan fingerprint density at radius 1 is 1.08 bits per heavy atom. The molecule has 14 heteroatoms. The van der Waals surface area contributed by atoms with Gasteiger partial charge in [0.2, 0.25) is 20.0 Å². The van der Waals surface area contributed by atoms with Gasteiger partial charge in [-0.2, -0.15) is 17.5 Å². The number of primary sulfonamides is 1. The minimum absolute atomic E-state index is 0.0192. The first-order valence-corrected chi connectivity index (χ1v) is 14.1. The second-order valence-corrected chi connectivity index (χ2v) is 12.2. The molecule has 2 aromatic carbocycles. The maximum absolute atomic E-state index is 13.1. The van der Waals surface area contributed by atoms with E-state index in [0.29, 0.717) is 11.1 Å². The summed E-state index contributed by atoms with van der Waals surface area (Å²) in [5.74, 6) is -0.469. The minimum atomic E-state index is -4.55. The van der Waals surface area contributed by atoms with E-state index >= 15 is 0 Å². The number of hydrogen-bond donors (Lipinski definition) is 2. The number of rotatable bonds is 5. The normalized spacial score (nSPS) is 18.8. The van der Waals surface area contributed by atoms with Gasteiger partial charge in [0.15, 0.2) is 0 Å². The number of nitrogens with zero attached hydrogens (tertiary/aromatic N) is 2. The van der Waals surface area contributed by atoms with Crippen molar-refractivity contribution >= 4 is 37.9 Å². The van der Waals surface area contributed by atoms with Gasteiger partial charge in [0.1, 0.15) is 11.4 Å². The summed E-state index contributed by atoms with van der Waals surface area (Å²) in [7, 11) is -7.78. The van der Waals surface area contributed by atoms with Crippen molar-refractivity contribution in [1.29, 1.82) is 0 Å². The number of aryl methyl sites for hydroxylation is 1. The van der Waals surface area contributed by atoms with Gasteiger partial charge in [-0.15, -0.1) is 0 Å². The number of halogens is 3. The Hall–Kier alpha value is -3.07. The topological polar surface area (TPSA) is 139 Å². The zero-order valence-electron chi connectivity index (χ0n) is 19.5. The van der Waals surface area contributed by atoms with Crippen molar-refractivity contribution in [3.8, 4) is 0 Å². The Labute approximate surface area is 212 Å². The van der Waals surface area contributed by atoms with Crippen LogP contribution in [0.25, 0.3) is 6.08 Å². The fourth-order valence-corrected chi connectivity index (χ4v) is 5.98. The maximum Gasteiger partial charge on any atom is 0.416 e. The van der Waals surface area contributed by atoms with Crippen LogP contribution in [0.5, 0.6) is 0 Å². The molecule has 1 saturated heterocycles. The number of nitrogens with two attached hydrogens (primary N) is 1. The fourth-order valence-electron chi connectivity index (χ4n) is 4.20. The molecule has 2 heterocycles. The predicted molar refractivity (Wildman–Crippen MR) is 130 cm³/mol. The zero-order chi connectivity index (χ0) is 27.2. The van der Waals surface area contributed by atoms with Gasteiger partial charge in [-0.3, -0.25) is 9.79 Å². The molecule has 0 atom stereocenters. The van der Waals surface area contributed by atoms with Crippen LogP contribution in [0.2, 0.25) is 0 Å². The highest BCUT2D eigenvalue weighted by atomic mass is 32.2. The number of carbonyl (C=O) groups is 1. The lowest BCUT2D eigenvalue weighted by Gasteiger charge is -2.34. The van der Waals surface area contributed by atoms with E-state index in [4.69, 9.17) is 5.14 Å². The number of hydrogen-bond acceptors (Lipinski definition) is 6. The number of piperidine rings is 1. The lowest BCUT2D eigenvalue weighted by molar-refractivity contribution is -0.137. The van der Waals surface area contributed by atoms with Gasteiger partial charge in [0.25, 0.3) is 5.91 Å². The van der Waals surface area contributed by atoms with Crippen LogP contribution in [0.15, 0.2) is 57.8 Å². The average molecular weight is 557 g/mol. The number of carbonyl (C=O) groups excluding carboxylic acids is 1. The van der Waals surface area contributed by atoms with Crippen LogP contribution in [-0.2, 0) is 31.0 Å². The van der Waals surface area contributed by atoms with Crippen molar-refractivity contribution in [2.45, 2.75) is 36.4 Å². The van der Waals surface area contributed by atoms with Crippen LogP contribution >= 0.6 is 0 Å². The maximum atomic E-state index is 13.1. The number of benzene rings is 2. The van der Waals surface area contributed by atoms with Gasteiger partial charge in [-0.25, -0.2) is 22.0 Å². The summed E-state index contributed by atoms with van der Waals surface area (Å²) >= 11 is 0. The highest BCUT2D eigenvalue weighted by Crippen LogP contribution is 2.34. The molecule has 2 aromatic rings. The first-order chi connectivity index (χ1) is 17.1. The Morgan fingerprint density at radius 2 is 1.76 bits per heavy atom. The van der Waals surface area contributed by atoms with Crippen molar-refractivity contribution in [3.63, 3.8) is 0 Å². The van der Waals surface area contributed by atoms with E-state index in [1.807, 2.05) is 0 Å². The third kappa shape index (κ3) is 5.61. The number of amidine groups is 1. The van der Waals surface area contributed by atoms with Gasteiger partial charge in [-0.1, -0.05) is 18.2 Å². The molecule has 3 N–H and O–H groups in total. The number of sulfonamides is 2. The lowest BCUT2D eigenvalue weighted by Crippen LogP contribution is -2.50. The van der Waals surface area contributed by atoms with Crippen LogP contribution in [0.1, 0.15) is 35.1 Å². The van der Waals surface area contributed by atoms with Crippen LogP contribution in [0.3, 0.4) is 0 Å². The van der Waals surface area contributed by atoms with E-state index in [1.165, 1.54) is 40.7 Å². The van der Waals surface area contributed by atoms with E-state index in [2.05, 4.69) is 10.3 Å². The summed E-state index contributed by atoms with van der Waals surface area (Å²) in [5, 5.41) is 8.65. The van der Waals surface area contributed by atoms with E-state index in [0.717, 1.165) is 17.5 Å². The van der Waals surface area contributed by atoms with E-state index < -0.39 is 43.2 Å². The summed E-state index contributed by atoms with van der Waals surface area (Å²) in [6.45, 7) is 1.57. The molecule has 0 aliphatic carbocycles. The number of amides is 1. The van der Waals surface area contributed by atoms with Gasteiger partial charge < -0.3 is 5.32 Å². The molecule has 2 aliphatic rings. The Balaban J connectivity index is 1.49. The largest absolute Gasteiger partial charge is 0.416 e.